The second-order valence-corrected chi connectivity index (χ2v) is 7.30. The zero-order valence-corrected chi connectivity index (χ0v) is 16.3. The molecule has 5 heteroatoms. The first-order valence-corrected chi connectivity index (χ1v) is 9.28. The molecule has 0 aliphatic heterocycles. The molecular weight excluding hydrogens is 334 g/mol. The molecule has 0 fully saturated rings. The fourth-order valence-corrected chi connectivity index (χ4v) is 3.11. The number of nitrogens with zero attached hydrogens (tertiary/aromatic N) is 1. The first-order chi connectivity index (χ1) is 11.9. The zero-order valence-electron chi connectivity index (χ0n) is 15.5. The van der Waals surface area contributed by atoms with Crippen molar-refractivity contribution in [1.29, 1.82) is 0 Å². The molecule has 2 aromatic rings. The molecule has 0 aliphatic carbocycles. The fraction of sp³-hybridized carbons (Fsp3) is 0.400. The molecule has 25 heavy (non-hydrogen) atoms. The average Bonchev–Trinajstić information content (AvgIpc) is 3.10. The largest absolute Gasteiger partial charge is 0.463 e. The van der Waals surface area contributed by atoms with Crippen LogP contribution in [-0.2, 0) is 20.8 Å². The van der Waals surface area contributed by atoms with Gasteiger partial charge in [-0.1, -0.05) is 36.3 Å². The van der Waals surface area contributed by atoms with E-state index in [1.807, 2.05) is 13.0 Å². The van der Waals surface area contributed by atoms with Crippen LogP contribution in [0.3, 0.4) is 0 Å². The van der Waals surface area contributed by atoms with Gasteiger partial charge >= 0.3 is 5.97 Å². The van der Waals surface area contributed by atoms with Crippen LogP contribution in [0.25, 0.3) is 10.4 Å². The SMILES string of the molecule is CCOC(=O)C(C)(C)O/N=C(/C)c1ccc(-c2ccc(CC)cc2)s1. The van der Waals surface area contributed by atoms with Gasteiger partial charge in [0.05, 0.1) is 17.2 Å². The number of oxime groups is 1. The molecule has 2 rings (SSSR count). The molecule has 0 amide bonds. The summed E-state index contributed by atoms with van der Waals surface area (Å²) in [7, 11) is 0. The number of hydrogen-bond acceptors (Lipinski definition) is 5. The Morgan fingerprint density at radius 2 is 1.80 bits per heavy atom. The van der Waals surface area contributed by atoms with E-state index in [0.717, 1.165) is 17.0 Å². The van der Waals surface area contributed by atoms with Crippen LogP contribution in [0.1, 0.15) is 45.1 Å². The molecule has 0 aliphatic rings. The van der Waals surface area contributed by atoms with Gasteiger partial charge in [0.15, 0.2) is 0 Å². The lowest BCUT2D eigenvalue weighted by Gasteiger charge is -2.19. The smallest absolute Gasteiger partial charge is 0.352 e. The summed E-state index contributed by atoms with van der Waals surface area (Å²) in [5.74, 6) is -0.422. The van der Waals surface area contributed by atoms with Gasteiger partial charge in [-0.15, -0.1) is 11.3 Å². The van der Waals surface area contributed by atoms with E-state index in [-0.39, 0.29) is 0 Å². The van der Waals surface area contributed by atoms with Crippen molar-refractivity contribution in [2.45, 2.75) is 46.6 Å². The number of esters is 1. The van der Waals surface area contributed by atoms with E-state index >= 15 is 0 Å². The third-order valence-electron chi connectivity index (χ3n) is 3.79. The maximum absolute atomic E-state index is 11.8. The number of hydrogen-bond donors (Lipinski definition) is 0. The van der Waals surface area contributed by atoms with E-state index in [0.29, 0.717) is 6.61 Å². The average molecular weight is 359 g/mol. The maximum Gasteiger partial charge on any atom is 0.352 e. The Labute approximate surface area is 153 Å². The van der Waals surface area contributed by atoms with Crippen molar-refractivity contribution in [3.63, 3.8) is 0 Å². The van der Waals surface area contributed by atoms with Crippen LogP contribution in [0.15, 0.2) is 41.6 Å². The number of ether oxygens (including phenoxy) is 1. The van der Waals surface area contributed by atoms with E-state index in [1.54, 1.807) is 32.1 Å². The molecule has 1 aromatic heterocycles. The Balaban J connectivity index is 2.11. The van der Waals surface area contributed by atoms with Crippen LogP contribution in [0.4, 0.5) is 0 Å². The Bertz CT molecular complexity index is 745. The quantitative estimate of drug-likeness (QED) is 0.394. The normalized spacial score (nSPS) is 12.1. The summed E-state index contributed by atoms with van der Waals surface area (Å²) in [5, 5.41) is 4.13. The number of benzene rings is 1. The zero-order chi connectivity index (χ0) is 18.4. The van der Waals surface area contributed by atoms with Crippen molar-refractivity contribution in [2.24, 2.45) is 5.16 Å². The van der Waals surface area contributed by atoms with E-state index in [9.17, 15) is 4.79 Å². The van der Waals surface area contributed by atoms with Crippen molar-refractivity contribution in [2.75, 3.05) is 6.61 Å². The van der Waals surface area contributed by atoms with Crippen LogP contribution < -0.4 is 0 Å². The maximum atomic E-state index is 11.8. The van der Waals surface area contributed by atoms with Crippen molar-refractivity contribution in [3.8, 4) is 10.4 Å². The van der Waals surface area contributed by atoms with Gasteiger partial charge in [-0.05, 0) is 57.4 Å². The van der Waals surface area contributed by atoms with Gasteiger partial charge in [0.2, 0.25) is 5.60 Å². The molecule has 0 bridgehead atoms. The van der Waals surface area contributed by atoms with Crippen LogP contribution in [0, 0.1) is 0 Å². The molecule has 0 saturated heterocycles. The molecule has 1 heterocycles. The van der Waals surface area contributed by atoms with Gasteiger partial charge in [-0.25, -0.2) is 4.79 Å². The fourth-order valence-electron chi connectivity index (χ4n) is 2.16. The molecule has 1 aromatic carbocycles. The molecule has 4 nitrogen and oxygen atoms in total. The number of aryl methyl sites for hydroxylation is 1. The third kappa shape index (κ3) is 4.92. The van der Waals surface area contributed by atoms with Crippen molar-refractivity contribution in [3.05, 3.63) is 46.8 Å². The third-order valence-corrected chi connectivity index (χ3v) is 5.03. The number of rotatable bonds is 7. The molecule has 0 saturated carbocycles. The number of carbonyl (C=O) groups excluding carboxylic acids is 1. The summed E-state index contributed by atoms with van der Waals surface area (Å²) < 4.78 is 4.99. The van der Waals surface area contributed by atoms with Crippen LogP contribution in [0.2, 0.25) is 0 Å². The van der Waals surface area contributed by atoms with Gasteiger partial charge in [-0.2, -0.15) is 0 Å². The highest BCUT2D eigenvalue weighted by molar-refractivity contribution is 7.17. The molecule has 0 radical (unpaired) electrons. The Kier molecular flexibility index (Phi) is 6.37. The van der Waals surface area contributed by atoms with Crippen LogP contribution in [0.5, 0.6) is 0 Å². The molecular formula is C20H25NO3S. The van der Waals surface area contributed by atoms with Gasteiger partial charge in [0.25, 0.3) is 0 Å². The second kappa shape index (κ2) is 8.30. The first kappa shape index (κ1) is 19.2. The monoisotopic (exact) mass is 359 g/mol. The van der Waals surface area contributed by atoms with Gasteiger partial charge in [0, 0.05) is 4.88 Å². The van der Waals surface area contributed by atoms with Gasteiger partial charge < -0.3 is 9.57 Å². The molecule has 0 unspecified atom stereocenters. The topological polar surface area (TPSA) is 47.9 Å². The summed E-state index contributed by atoms with van der Waals surface area (Å²) in [6.07, 6.45) is 1.04. The standard InChI is InChI=1S/C20H25NO3S/c1-6-15-8-10-16(11-9-15)18-13-12-17(25-18)14(3)21-24-20(4,5)19(22)23-7-2/h8-13H,6-7H2,1-5H3/b21-14-. The molecule has 0 atom stereocenters. The predicted molar refractivity (Wildman–Crippen MR) is 103 cm³/mol. The Morgan fingerprint density at radius 3 is 2.40 bits per heavy atom. The lowest BCUT2D eigenvalue weighted by atomic mass is 10.1. The van der Waals surface area contributed by atoms with Crippen molar-refractivity contribution < 1.29 is 14.4 Å². The van der Waals surface area contributed by atoms with E-state index in [1.165, 1.54) is 16.0 Å². The summed E-state index contributed by atoms with van der Waals surface area (Å²) in [6.45, 7) is 9.41. The van der Waals surface area contributed by atoms with Crippen LogP contribution >= 0.6 is 11.3 Å². The second-order valence-electron chi connectivity index (χ2n) is 6.21. The van der Waals surface area contributed by atoms with Crippen LogP contribution in [-0.4, -0.2) is 23.9 Å². The lowest BCUT2D eigenvalue weighted by Crippen LogP contribution is -2.35. The number of carbonyl (C=O) groups is 1. The van der Waals surface area contributed by atoms with Crippen molar-refractivity contribution >= 4 is 23.0 Å². The highest BCUT2D eigenvalue weighted by atomic mass is 32.1. The Morgan fingerprint density at radius 1 is 1.12 bits per heavy atom. The number of thiophene rings is 1. The van der Waals surface area contributed by atoms with Crippen molar-refractivity contribution in [1.82, 2.24) is 0 Å². The molecule has 134 valence electrons. The Hall–Kier alpha value is -2.14. The molecule has 0 spiro atoms. The minimum absolute atomic E-state index is 0.319. The summed E-state index contributed by atoms with van der Waals surface area (Å²) in [4.78, 5) is 19.5. The van der Waals surface area contributed by atoms with E-state index in [2.05, 4.69) is 42.4 Å². The van der Waals surface area contributed by atoms with Gasteiger partial charge in [-0.3, -0.25) is 0 Å². The minimum Gasteiger partial charge on any atom is -0.463 e. The first-order valence-electron chi connectivity index (χ1n) is 8.47. The predicted octanol–water partition coefficient (Wildman–Crippen LogP) is 5.06. The van der Waals surface area contributed by atoms with E-state index < -0.39 is 11.6 Å². The van der Waals surface area contributed by atoms with Gasteiger partial charge in [0.1, 0.15) is 0 Å². The highest BCUT2D eigenvalue weighted by Gasteiger charge is 2.32. The summed E-state index contributed by atoms with van der Waals surface area (Å²) in [5.41, 5.74) is 2.15. The summed E-state index contributed by atoms with van der Waals surface area (Å²) in [6, 6.07) is 12.7. The highest BCUT2D eigenvalue weighted by Crippen LogP contribution is 2.29. The lowest BCUT2D eigenvalue weighted by molar-refractivity contribution is -0.167. The minimum atomic E-state index is -1.10. The van der Waals surface area contributed by atoms with E-state index in [4.69, 9.17) is 9.57 Å². The summed E-state index contributed by atoms with van der Waals surface area (Å²) >= 11 is 1.65. The molecule has 0 N–H and O–H groups in total.